The van der Waals surface area contributed by atoms with Gasteiger partial charge in [0.2, 0.25) is 0 Å². The molecule has 1 aliphatic rings. The Bertz CT molecular complexity index is 895. The van der Waals surface area contributed by atoms with Crippen molar-refractivity contribution in [2.24, 2.45) is 10.9 Å². The van der Waals surface area contributed by atoms with Crippen molar-refractivity contribution in [3.05, 3.63) is 41.0 Å². The van der Waals surface area contributed by atoms with Crippen molar-refractivity contribution in [2.75, 3.05) is 13.6 Å². The topological polar surface area (TPSA) is 76.4 Å². The van der Waals surface area contributed by atoms with Gasteiger partial charge in [-0.2, -0.15) is 0 Å². The van der Waals surface area contributed by atoms with E-state index in [9.17, 15) is 0 Å². The van der Waals surface area contributed by atoms with Crippen LogP contribution in [-0.4, -0.2) is 40.4 Å². The van der Waals surface area contributed by atoms with Gasteiger partial charge in [0.15, 0.2) is 5.96 Å². The number of halogens is 1. The molecule has 1 aromatic heterocycles. The van der Waals surface area contributed by atoms with Gasteiger partial charge < -0.3 is 19.9 Å². The number of rotatable bonds is 9. The number of ether oxygens (including phenoxy) is 1. The van der Waals surface area contributed by atoms with Crippen LogP contribution in [0.1, 0.15) is 69.2 Å². The molecule has 1 aliphatic heterocycles. The third kappa shape index (κ3) is 8.46. The minimum absolute atomic E-state index is 0. The zero-order chi connectivity index (χ0) is 22.9. The molecule has 0 fully saturated rings. The Labute approximate surface area is 216 Å². The number of benzene rings is 1. The third-order valence-corrected chi connectivity index (χ3v) is 5.85. The van der Waals surface area contributed by atoms with Crippen molar-refractivity contribution in [3.63, 3.8) is 0 Å². The van der Waals surface area contributed by atoms with Crippen molar-refractivity contribution < 1.29 is 4.74 Å². The lowest BCUT2D eigenvalue weighted by Gasteiger charge is -2.20. The number of aryl methyl sites for hydroxylation is 2. The molecule has 3 rings (SSSR count). The standard InChI is InChI=1S/C25H40N6O.HI/c1-18(2)15-20(4)32-22-16-19(3)10-11-21(22)17-28-25(26-5)27-13-12-24-30-29-23-9-7-6-8-14-31(23)24;/h10-11,16,18,20H,6-9,12-15,17H2,1-5H3,(H2,26,27,28);1H. The molecule has 184 valence electrons. The largest absolute Gasteiger partial charge is 0.490 e. The molecule has 8 heteroatoms. The quantitative estimate of drug-likeness (QED) is 0.262. The van der Waals surface area contributed by atoms with Crippen molar-refractivity contribution in [1.82, 2.24) is 25.4 Å². The molecule has 0 saturated heterocycles. The lowest BCUT2D eigenvalue weighted by molar-refractivity contribution is 0.191. The van der Waals surface area contributed by atoms with Crippen LogP contribution in [0.4, 0.5) is 0 Å². The zero-order valence-electron chi connectivity index (χ0n) is 20.9. The van der Waals surface area contributed by atoms with Crippen molar-refractivity contribution in [2.45, 2.75) is 85.4 Å². The molecule has 0 amide bonds. The van der Waals surface area contributed by atoms with Gasteiger partial charge >= 0.3 is 0 Å². The van der Waals surface area contributed by atoms with E-state index < -0.39 is 0 Å². The van der Waals surface area contributed by atoms with Gasteiger partial charge in [-0.1, -0.05) is 32.4 Å². The monoisotopic (exact) mass is 568 g/mol. The maximum absolute atomic E-state index is 6.28. The first-order valence-electron chi connectivity index (χ1n) is 12.1. The summed E-state index contributed by atoms with van der Waals surface area (Å²) in [5, 5.41) is 15.7. The first-order valence-corrected chi connectivity index (χ1v) is 12.1. The normalized spacial score (nSPS) is 14.8. The molecule has 2 aromatic rings. The fourth-order valence-electron chi connectivity index (χ4n) is 4.27. The van der Waals surface area contributed by atoms with Crippen molar-refractivity contribution in [3.8, 4) is 5.75 Å². The van der Waals surface area contributed by atoms with Crippen LogP contribution < -0.4 is 15.4 Å². The van der Waals surface area contributed by atoms with Gasteiger partial charge in [-0.3, -0.25) is 4.99 Å². The van der Waals surface area contributed by atoms with Gasteiger partial charge in [0.25, 0.3) is 0 Å². The number of guanidine groups is 1. The van der Waals surface area contributed by atoms with E-state index in [1.807, 2.05) is 0 Å². The molecule has 33 heavy (non-hydrogen) atoms. The number of hydrogen-bond donors (Lipinski definition) is 2. The van der Waals surface area contributed by atoms with Gasteiger partial charge in [0.05, 0.1) is 6.10 Å². The Hall–Kier alpha value is -1.84. The minimum atomic E-state index is 0. The Morgan fingerprint density at radius 3 is 2.73 bits per heavy atom. The highest BCUT2D eigenvalue weighted by Crippen LogP contribution is 2.23. The second-order valence-electron chi connectivity index (χ2n) is 9.27. The summed E-state index contributed by atoms with van der Waals surface area (Å²) in [6.07, 6.45) is 6.81. The SMILES string of the molecule is CN=C(NCCc1nnc2n1CCCCC2)NCc1ccc(C)cc1OC(C)CC(C)C.I. The van der Waals surface area contributed by atoms with Crippen molar-refractivity contribution >= 4 is 29.9 Å². The second kappa shape index (κ2) is 13.8. The summed E-state index contributed by atoms with van der Waals surface area (Å²) < 4.78 is 8.58. The first-order chi connectivity index (χ1) is 15.5. The molecule has 0 radical (unpaired) electrons. The maximum Gasteiger partial charge on any atom is 0.191 e. The summed E-state index contributed by atoms with van der Waals surface area (Å²) >= 11 is 0. The second-order valence-corrected chi connectivity index (χ2v) is 9.27. The molecule has 1 aromatic carbocycles. The van der Waals surface area contributed by atoms with Crippen LogP contribution in [0.5, 0.6) is 5.75 Å². The van der Waals surface area contributed by atoms with Gasteiger partial charge in [-0.15, -0.1) is 34.2 Å². The average molecular weight is 569 g/mol. The number of aromatic nitrogens is 3. The first kappa shape index (κ1) is 27.4. The zero-order valence-corrected chi connectivity index (χ0v) is 23.2. The van der Waals surface area contributed by atoms with Crippen LogP contribution in [0.25, 0.3) is 0 Å². The van der Waals surface area contributed by atoms with E-state index in [2.05, 4.69) is 76.3 Å². The van der Waals surface area contributed by atoms with Gasteiger partial charge in [0.1, 0.15) is 17.4 Å². The van der Waals surface area contributed by atoms with Gasteiger partial charge in [-0.25, -0.2) is 0 Å². The smallest absolute Gasteiger partial charge is 0.191 e. The molecule has 2 heterocycles. The Kier molecular flexibility index (Phi) is 11.4. The number of nitrogens with one attached hydrogen (secondary N) is 2. The van der Waals surface area contributed by atoms with Crippen LogP contribution >= 0.6 is 24.0 Å². The van der Waals surface area contributed by atoms with E-state index in [1.165, 1.54) is 24.8 Å². The van der Waals surface area contributed by atoms with Crippen LogP contribution in [0.3, 0.4) is 0 Å². The van der Waals surface area contributed by atoms with E-state index in [0.29, 0.717) is 12.5 Å². The number of hydrogen-bond acceptors (Lipinski definition) is 4. The van der Waals surface area contributed by atoms with E-state index in [-0.39, 0.29) is 30.1 Å². The summed E-state index contributed by atoms with van der Waals surface area (Å²) in [6, 6.07) is 6.39. The minimum Gasteiger partial charge on any atom is -0.490 e. The van der Waals surface area contributed by atoms with Crippen LogP contribution in [-0.2, 0) is 25.9 Å². The molecule has 0 bridgehead atoms. The molecular weight excluding hydrogens is 527 g/mol. The van der Waals surface area contributed by atoms with Gasteiger partial charge in [0, 0.05) is 45.1 Å². The predicted molar refractivity (Wildman–Crippen MR) is 146 cm³/mol. The number of fused-ring (bicyclic) bond motifs is 1. The molecule has 0 spiro atoms. The van der Waals surface area contributed by atoms with E-state index in [0.717, 1.165) is 61.3 Å². The highest BCUT2D eigenvalue weighted by molar-refractivity contribution is 14.0. The van der Waals surface area contributed by atoms with E-state index >= 15 is 0 Å². The maximum atomic E-state index is 6.28. The highest BCUT2D eigenvalue weighted by Gasteiger charge is 2.15. The Morgan fingerprint density at radius 1 is 1.15 bits per heavy atom. The lowest BCUT2D eigenvalue weighted by atomic mass is 10.1. The lowest BCUT2D eigenvalue weighted by Crippen LogP contribution is -2.38. The Morgan fingerprint density at radius 2 is 1.97 bits per heavy atom. The molecule has 2 N–H and O–H groups in total. The third-order valence-electron chi connectivity index (χ3n) is 5.85. The van der Waals surface area contributed by atoms with Crippen LogP contribution in [0.2, 0.25) is 0 Å². The summed E-state index contributed by atoms with van der Waals surface area (Å²) in [5.41, 5.74) is 2.34. The van der Waals surface area contributed by atoms with Crippen LogP contribution in [0.15, 0.2) is 23.2 Å². The fourth-order valence-corrected chi connectivity index (χ4v) is 4.27. The summed E-state index contributed by atoms with van der Waals surface area (Å²) in [7, 11) is 1.80. The molecule has 0 aliphatic carbocycles. The molecule has 1 unspecified atom stereocenters. The summed E-state index contributed by atoms with van der Waals surface area (Å²) in [5.74, 6) is 4.55. The molecule has 7 nitrogen and oxygen atoms in total. The average Bonchev–Trinajstić information content (AvgIpc) is 2.97. The molecule has 0 saturated carbocycles. The summed E-state index contributed by atoms with van der Waals surface area (Å²) in [4.78, 5) is 4.38. The van der Waals surface area contributed by atoms with E-state index in [4.69, 9.17) is 4.74 Å². The van der Waals surface area contributed by atoms with Crippen LogP contribution in [0, 0.1) is 12.8 Å². The summed E-state index contributed by atoms with van der Waals surface area (Å²) in [6.45, 7) is 11.2. The highest BCUT2D eigenvalue weighted by atomic mass is 127. The van der Waals surface area contributed by atoms with E-state index in [1.54, 1.807) is 7.05 Å². The Balaban J connectivity index is 0.00000385. The predicted octanol–water partition coefficient (Wildman–Crippen LogP) is 4.65. The number of nitrogens with zero attached hydrogens (tertiary/aromatic N) is 4. The number of aliphatic imine (C=N–C) groups is 1. The molecule has 1 atom stereocenters. The van der Waals surface area contributed by atoms with Crippen molar-refractivity contribution in [1.29, 1.82) is 0 Å². The fraction of sp³-hybridized carbons (Fsp3) is 0.640. The molecular formula is C25H41IN6O. The van der Waals surface area contributed by atoms with Gasteiger partial charge in [-0.05, 0) is 50.7 Å².